The van der Waals surface area contributed by atoms with Gasteiger partial charge < -0.3 is 14.9 Å². The van der Waals surface area contributed by atoms with Crippen LogP contribution in [-0.4, -0.2) is 21.1 Å². The van der Waals surface area contributed by atoms with Crippen LogP contribution in [0.5, 0.6) is 0 Å². The summed E-state index contributed by atoms with van der Waals surface area (Å²) < 4.78 is 38.0. The lowest BCUT2D eigenvalue weighted by Crippen LogP contribution is -2.13. The molecule has 0 aliphatic rings. The average molecular weight is 390 g/mol. The fraction of sp³-hybridized carbons (Fsp3) is 0.118. The Labute approximate surface area is 155 Å². The third-order valence-electron chi connectivity index (χ3n) is 3.67. The van der Waals surface area contributed by atoms with E-state index in [4.69, 9.17) is 14.9 Å². The normalized spacial score (nSPS) is 11.8. The number of halogens is 2. The summed E-state index contributed by atoms with van der Waals surface area (Å²) in [5, 5.41) is 18.2. The molecule has 0 spiro atoms. The number of carbonyl (C=O) groups excluding carboxylic acids is 1. The standard InChI is InChI=1S/C17H12F2N4O5/c1-8(27-17(24)14-12(18)6-10(20)7-13(14)19)15-21-22-16(28-15)9-2-4-11(5-3-9)23(25)26/h2-8H,20H2,1H3/t8-/m1/s1. The predicted octanol–water partition coefficient (Wildman–Crippen LogP) is 3.42. The number of ether oxygens (including phenoxy) is 1. The van der Waals surface area contributed by atoms with Gasteiger partial charge in [0.25, 0.3) is 11.6 Å². The topological polar surface area (TPSA) is 134 Å². The lowest BCUT2D eigenvalue weighted by Gasteiger charge is -2.10. The van der Waals surface area contributed by atoms with Gasteiger partial charge in [0.1, 0.15) is 17.2 Å². The summed E-state index contributed by atoms with van der Waals surface area (Å²) in [6, 6.07) is 6.93. The number of aromatic nitrogens is 2. The highest BCUT2D eigenvalue weighted by atomic mass is 19.1. The number of nitrogens with zero attached hydrogens (tertiary/aromatic N) is 3. The number of anilines is 1. The molecule has 0 bridgehead atoms. The quantitative estimate of drug-likeness (QED) is 0.303. The Morgan fingerprint density at radius 3 is 2.39 bits per heavy atom. The summed E-state index contributed by atoms with van der Waals surface area (Å²) in [6.07, 6.45) is -1.11. The molecule has 28 heavy (non-hydrogen) atoms. The number of nitrogen functional groups attached to an aromatic ring is 1. The minimum atomic E-state index is -1.27. The van der Waals surface area contributed by atoms with Gasteiger partial charge >= 0.3 is 5.97 Å². The molecule has 2 aromatic carbocycles. The van der Waals surface area contributed by atoms with Crippen LogP contribution >= 0.6 is 0 Å². The molecule has 11 heteroatoms. The smallest absolute Gasteiger partial charge is 0.344 e. The molecule has 0 saturated carbocycles. The first-order chi connectivity index (χ1) is 13.3. The zero-order valence-corrected chi connectivity index (χ0v) is 14.3. The Bertz CT molecular complexity index is 1030. The number of carbonyl (C=O) groups is 1. The molecule has 0 fully saturated rings. The number of nitro groups is 1. The van der Waals surface area contributed by atoms with Gasteiger partial charge in [0.15, 0.2) is 6.10 Å². The zero-order chi connectivity index (χ0) is 20.4. The van der Waals surface area contributed by atoms with E-state index >= 15 is 0 Å². The second kappa shape index (κ2) is 7.39. The summed E-state index contributed by atoms with van der Waals surface area (Å²) in [7, 11) is 0. The van der Waals surface area contributed by atoms with Crippen LogP contribution in [0.3, 0.4) is 0 Å². The van der Waals surface area contributed by atoms with Gasteiger partial charge in [-0.3, -0.25) is 10.1 Å². The summed E-state index contributed by atoms with van der Waals surface area (Å²) in [5.41, 5.74) is 4.52. The highest BCUT2D eigenvalue weighted by Gasteiger charge is 2.25. The van der Waals surface area contributed by atoms with Crippen molar-refractivity contribution in [2.24, 2.45) is 0 Å². The maximum absolute atomic E-state index is 13.8. The fourth-order valence-electron chi connectivity index (χ4n) is 2.30. The fourth-order valence-corrected chi connectivity index (χ4v) is 2.30. The van der Waals surface area contributed by atoms with E-state index in [0.717, 1.165) is 12.1 Å². The Morgan fingerprint density at radius 2 is 1.82 bits per heavy atom. The first-order valence-electron chi connectivity index (χ1n) is 7.80. The highest BCUT2D eigenvalue weighted by molar-refractivity contribution is 5.90. The van der Waals surface area contributed by atoms with Crippen molar-refractivity contribution < 1.29 is 27.7 Å². The van der Waals surface area contributed by atoms with Gasteiger partial charge in [-0.1, -0.05) is 0 Å². The van der Waals surface area contributed by atoms with Gasteiger partial charge in [-0.2, -0.15) is 0 Å². The number of hydrogen-bond acceptors (Lipinski definition) is 8. The second-order valence-corrected chi connectivity index (χ2v) is 5.66. The van der Waals surface area contributed by atoms with Crippen LogP contribution in [0.25, 0.3) is 11.5 Å². The van der Waals surface area contributed by atoms with Gasteiger partial charge in [0, 0.05) is 23.4 Å². The first-order valence-corrected chi connectivity index (χ1v) is 7.80. The number of hydrogen-bond donors (Lipinski definition) is 1. The summed E-state index contributed by atoms with van der Waals surface area (Å²) in [6.45, 7) is 1.37. The summed E-state index contributed by atoms with van der Waals surface area (Å²) in [4.78, 5) is 22.2. The minimum absolute atomic E-state index is 0.0256. The molecular formula is C17H12F2N4O5. The van der Waals surface area contributed by atoms with Gasteiger partial charge in [-0.15, -0.1) is 10.2 Å². The molecule has 1 aromatic heterocycles. The number of esters is 1. The molecule has 1 atom stereocenters. The van der Waals surface area contributed by atoms with Crippen molar-refractivity contribution in [2.75, 3.05) is 5.73 Å². The van der Waals surface area contributed by atoms with Crippen molar-refractivity contribution in [1.82, 2.24) is 10.2 Å². The molecule has 0 unspecified atom stereocenters. The van der Waals surface area contributed by atoms with Crippen LogP contribution in [0.15, 0.2) is 40.8 Å². The largest absolute Gasteiger partial charge is 0.449 e. The number of benzene rings is 2. The monoisotopic (exact) mass is 390 g/mol. The van der Waals surface area contributed by atoms with E-state index in [-0.39, 0.29) is 23.2 Å². The van der Waals surface area contributed by atoms with E-state index in [9.17, 15) is 23.7 Å². The number of non-ortho nitro benzene ring substituents is 1. The molecular weight excluding hydrogens is 378 g/mol. The van der Waals surface area contributed by atoms with Crippen molar-refractivity contribution >= 4 is 17.3 Å². The van der Waals surface area contributed by atoms with E-state index in [1.54, 1.807) is 0 Å². The molecule has 0 radical (unpaired) electrons. The van der Waals surface area contributed by atoms with Crippen molar-refractivity contribution in [1.29, 1.82) is 0 Å². The van der Waals surface area contributed by atoms with E-state index in [0.29, 0.717) is 5.56 Å². The molecule has 3 aromatic rings. The number of nitrogens with two attached hydrogens (primary N) is 1. The lowest BCUT2D eigenvalue weighted by atomic mass is 10.2. The zero-order valence-electron chi connectivity index (χ0n) is 14.3. The number of rotatable bonds is 5. The second-order valence-electron chi connectivity index (χ2n) is 5.66. The highest BCUT2D eigenvalue weighted by Crippen LogP contribution is 2.26. The number of nitro benzene ring substituents is 1. The van der Waals surface area contributed by atoms with E-state index in [1.807, 2.05) is 0 Å². The molecule has 3 rings (SSSR count). The SMILES string of the molecule is C[C@@H](OC(=O)c1c(F)cc(N)cc1F)c1nnc(-c2ccc([N+](=O)[O-])cc2)o1. The molecule has 2 N–H and O–H groups in total. The maximum atomic E-state index is 13.8. The van der Waals surface area contributed by atoms with Gasteiger partial charge in [-0.25, -0.2) is 13.6 Å². The van der Waals surface area contributed by atoms with E-state index in [1.165, 1.54) is 31.2 Å². The molecule has 9 nitrogen and oxygen atoms in total. The maximum Gasteiger partial charge on any atom is 0.344 e. The van der Waals surface area contributed by atoms with Gasteiger partial charge in [-0.05, 0) is 31.2 Å². The Hall–Kier alpha value is -3.89. The predicted molar refractivity (Wildman–Crippen MR) is 91.0 cm³/mol. The van der Waals surface area contributed by atoms with Gasteiger partial charge in [0.2, 0.25) is 5.89 Å². The van der Waals surface area contributed by atoms with Crippen LogP contribution in [-0.2, 0) is 4.74 Å². The van der Waals surface area contributed by atoms with Crippen molar-refractivity contribution in [3.63, 3.8) is 0 Å². The molecule has 0 saturated heterocycles. The first kappa shape index (κ1) is 18.9. The van der Waals surface area contributed by atoms with Crippen LogP contribution in [0.4, 0.5) is 20.2 Å². The van der Waals surface area contributed by atoms with Crippen LogP contribution in [0.1, 0.15) is 29.3 Å². The molecule has 144 valence electrons. The Morgan fingerprint density at radius 1 is 1.21 bits per heavy atom. The summed E-state index contributed by atoms with van der Waals surface area (Å²) >= 11 is 0. The van der Waals surface area contributed by atoms with Crippen molar-refractivity contribution in [2.45, 2.75) is 13.0 Å². The van der Waals surface area contributed by atoms with Crippen LogP contribution in [0.2, 0.25) is 0 Å². The van der Waals surface area contributed by atoms with E-state index in [2.05, 4.69) is 10.2 Å². The van der Waals surface area contributed by atoms with Crippen LogP contribution in [0, 0.1) is 21.7 Å². The van der Waals surface area contributed by atoms with Crippen molar-refractivity contribution in [3.8, 4) is 11.5 Å². The lowest BCUT2D eigenvalue weighted by molar-refractivity contribution is -0.384. The molecule has 0 aliphatic carbocycles. The van der Waals surface area contributed by atoms with E-state index < -0.39 is 34.2 Å². The third-order valence-corrected chi connectivity index (χ3v) is 3.67. The Balaban J connectivity index is 1.76. The molecule has 1 heterocycles. The molecule has 0 amide bonds. The summed E-state index contributed by atoms with van der Waals surface area (Å²) in [5.74, 6) is -3.69. The third kappa shape index (κ3) is 3.77. The molecule has 0 aliphatic heterocycles. The van der Waals surface area contributed by atoms with Gasteiger partial charge in [0.05, 0.1) is 4.92 Å². The minimum Gasteiger partial charge on any atom is -0.449 e. The van der Waals surface area contributed by atoms with Crippen molar-refractivity contribution in [3.05, 3.63) is 69.6 Å². The Kier molecular flexibility index (Phi) is 4.98. The van der Waals surface area contributed by atoms with Crippen LogP contribution < -0.4 is 5.73 Å². The average Bonchev–Trinajstić information content (AvgIpc) is 3.11.